The van der Waals surface area contributed by atoms with Crippen LogP contribution in [0.15, 0.2) is 18.2 Å². The molecule has 1 aromatic rings. The topological polar surface area (TPSA) is 33.1 Å². The van der Waals surface area contributed by atoms with Crippen LogP contribution in [0.1, 0.15) is 31.2 Å². The van der Waals surface area contributed by atoms with Gasteiger partial charge < -0.3 is 5.11 Å². The molecule has 0 aromatic carbocycles. The van der Waals surface area contributed by atoms with Crippen LogP contribution in [0.5, 0.6) is 0 Å². The predicted octanol–water partition coefficient (Wildman–Crippen LogP) is 1.74. The van der Waals surface area contributed by atoms with Crippen molar-refractivity contribution in [2.45, 2.75) is 26.2 Å². The molecule has 0 unspecified atom stereocenters. The first-order valence-electron chi connectivity index (χ1n) is 4.30. The third-order valence-electron chi connectivity index (χ3n) is 1.79. The van der Waals surface area contributed by atoms with Crippen LogP contribution in [0.4, 0.5) is 0 Å². The van der Waals surface area contributed by atoms with Crippen LogP contribution in [0.25, 0.3) is 0 Å². The van der Waals surface area contributed by atoms with Crippen LogP contribution in [0.3, 0.4) is 0 Å². The van der Waals surface area contributed by atoms with E-state index in [1.165, 1.54) is 0 Å². The SMILES string of the molecule is CC(C)c1cccc(CCO)n1. The third kappa shape index (κ3) is 2.31. The van der Waals surface area contributed by atoms with Gasteiger partial charge in [-0.3, -0.25) is 4.98 Å². The Labute approximate surface area is 73.3 Å². The minimum atomic E-state index is 0.175. The van der Waals surface area contributed by atoms with Crippen LogP contribution in [-0.4, -0.2) is 16.7 Å². The molecule has 1 heterocycles. The van der Waals surface area contributed by atoms with E-state index in [4.69, 9.17) is 5.11 Å². The van der Waals surface area contributed by atoms with Crippen molar-refractivity contribution in [1.29, 1.82) is 0 Å². The fourth-order valence-electron chi connectivity index (χ4n) is 1.07. The summed E-state index contributed by atoms with van der Waals surface area (Å²) in [4.78, 5) is 4.40. The molecule has 0 aliphatic carbocycles. The summed E-state index contributed by atoms with van der Waals surface area (Å²) < 4.78 is 0. The molecule has 1 rings (SSSR count). The molecule has 0 saturated carbocycles. The fourth-order valence-corrected chi connectivity index (χ4v) is 1.07. The van der Waals surface area contributed by atoms with E-state index in [1.54, 1.807) is 0 Å². The second kappa shape index (κ2) is 4.21. The number of pyridine rings is 1. The van der Waals surface area contributed by atoms with Crippen molar-refractivity contribution in [2.75, 3.05) is 6.61 Å². The predicted molar refractivity (Wildman–Crippen MR) is 49.1 cm³/mol. The van der Waals surface area contributed by atoms with Gasteiger partial charge in [0, 0.05) is 24.4 Å². The maximum Gasteiger partial charge on any atom is 0.0486 e. The summed E-state index contributed by atoms with van der Waals surface area (Å²) in [6.45, 7) is 4.41. The Morgan fingerprint density at radius 2 is 2.17 bits per heavy atom. The zero-order chi connectivity index (χ0) is 8.97. The monoisotopic (exact) mass is 165 g/mol. The van der Waals surface area contributed by atoms with Gasteiger partial charge in [-0.15, -0.1) is 0 Å². The zero-order valence-electron chi connectivity index (χ0n) is 7.62. The normalized spacial score (nSPS) is 10.7. The van der Waals surface area contributed by atoms with Gasteiger partial charge in [-0.25, -0.2) is 0 Å². The van der Waals surface area contributed by atoms with Gasteiger partial charge in [0.1, 0.15) is 0 Å². The maximum atomic E-state index is 8.71. The molecule has 0 spiro atoms. The number of rotatable bonds is 3. The van der Waals surface area contributed by atoms with Gasteiger partial charge in [0.2, 0.25) is 0 Å². The molecule has 1 aromatic heterocycles. The number of nitrogens with zero attached hydrogens (tertiary/aromatic N) is 1. The molecule has 0 aliphatic rings. The summed E-state index contributed by atoms with van der Waals surface area (Å²) in [6.07, 6.45) is 0.653. The van der Waals surface area contributed by atoms with Crippen molar-refractivity contribution in [3.05, 3.63) is 29.6 Å². The Bertz CT molecular complexity index is 245. The Kier molecular flexibility index (Phi) is 3.23. The van der Waals surface area contributed by atoms with Crippen LogP contribution in [0, 0.1) is 0 Å². The lowest BCUT2D eigenvalue weighted by Gasteiger charge is -2.05. The van der Waals surface area contributed by atoms with Gasteiger partial charge in [0.05, 0.1) is 0 Å². The van der Waals surface area contributed by atoms with Gasteiger partial charge in [0.15, 0.2) is 0 Å². The summed E-state index contributed by atoms with van der Waals surface area (Å²) in [7, 11) is 0. The van der Waals surface area contributed by atoms with Crippen LogP contribution >= 0.6 is 0 Å². The highest BCUT2D eigenvalue weighted by atomic mass is 16.3. The average molecular weight is 165 g/mol. The van der Waals surface area contributed by atoms with E-state index in [1.807, 2.05) is 18.2 Å². The van der Waals surface area contributed by atoms with Gasteiger partial charge in [-0.05, 0) is 18.1 Å². The fraction of sp³-hybridized carbons (Fsp3) is 0.500. The molecular weight excluding hydrogens is 150 g/mol. The minimum absolute atomic E-state index is 0.175. The van der Waals surface area contributed by atoms with Crippen molar-refractivity contribution in [3.8, 4) is 0 Å². The maximum absolute atomic E-state index is 8.71. The van der Waals surface area contributed by atoms with Crippen LogP contribution in [0.2, 0.25) is 0 Å². The summed E-state index contributed by atoms with van der Waals surface area (Å²) in [6, 6.07) is 5.96. The molecule has 1 N–H and O–H groups in total. The highest BCUT2D eigenvalue weighted by molar-refractivity contribution is 5.13. The molecular formula is C10H15NO. The van der Waals surface area contributed by atoms with Gasteiger partial charge in [-0.2, -0.15) is 0 Å². The Balaban J connectivity index is 2.81. The van der Waals surface area contributed by atoms with E-state index in [0.717, 1.165) is 11.4 Å². The first-order chi connectivity index (χ1) is 5.74. The summed E-state index contributed by atoms with van der Waals surface area (Å²) in [5, 5.41) is 8.71. The molecule has 66 valence electrons. The van der Waals surface area contributed by atoms with E-state index in [0.29, 0.717) is 12.3 Å². The lowest BCUT2D eigenvalue weighted by Crippen LogP contribution is -1.99. The summed E-state index contributed by atoms with van der Waals surface area (Å²) in [5.74, 6) is 0.462. The molecule has 0 saturated heterocycles. The number of hydrogen-bond donors (Lipinski definition) is 1. The third-order valence-corrected chi connectivity index (χ3v) is 1.79. The Hall–Kier alpha value is -0.890. The van der Waals surface area contributed by atoms with E-state index in [-0.39, 0.29) is 6.61 Å². The molecule has 2 heteroatoms. The molecule has 0 radical (unpaired) electrons. The number of aromatic nitrogens is 1. The second-order valence-electron chi connectivity index (χ2n) is 3.18. The highest BCUT2D eigenvalue weighted by Crippen LogP contribution is 2.11. The van der Waals surface area contributed by atoms with Gasteiger partial charge >= 0.3 is 0 Å². The molecule has 0 bridgehead atoms. The van der Waals surface area contributed by atoms with E-state index < -0.39 is 0 Å². The van der Waals surface area contributed by atoms with Crippen LogP contribution in [-0.2, 0) is 6.42 Å². The van der Waals surface area contributed by atoms with Crippen molar-refractivity contribution < 1.29 is 5.11 Å². The number of aliphatic hydroxyl groups excluding tert-OH is 1. The van der Waals surface area contributed by atoms with Gasteiger partial charge in [-0.1, -0.05) is 19.9 Å². The van der Waals surface area contributed by atoms with E-state index in [9.17, 15) is 0 Å². The highest BCUT2D eigenvalue weighted by Gasteiger charge is 2.00. The zero-order valence-corrected chi connectivity index (χ0v) is 7.62. The van der Waals surface area contributed by atoms with Crippen molar-refractivity contribution in [3.63, 3.8) is 0 Å². The van der Waals surface area contributed by atoms with E-state index >= 15 is 0 Å². The van der Waals surface area contributed by atoms with Crippen molar-refractivity contribution in [2.24, 2.45) is 0 Å². The minimum Gasteiger partial charge on any atom is -0.396 e. The van der Waals surface area contributed by atoms with Crippen LogP contribution < -0.4 is 0 Å². The molecule has 0 aliphatic heterocycles. The molecule has 0 atom stereocenters. The van der Waals surface area contributed by atoms with Crippen molar-refractivity contribution >= 4 is 0 Å². The average Bonchev–Trinajstić information content (AvgIpc) is 2.05. The summed E-state index contributed by atoms with van der Waals surface area (Å²) in [5.41, 5.74) is 2.07. The Morgan fingerprint density at radius 3 is 2.75 bits per heavy atom. The standard InChI is InChI=1S/C10H15NO/c1-8(2)10-5-3-4-9(11-10)6-7-12/h3-5,8,12H,6-7H2,1-2H3. The second-order valence-corrected chi connectivity index (χ2v) is 3.18. The quantitative estimate of drug-likeness (QED) is 0.740. The smallest absolute Gasteiger partial charge is 0.0486 e. The number of aliphatic hydroxyl groups is 1. The largest absolute Gasteiger partial charge is 0.396 e. The first-order valence-corrected chi connectivity index (χ1v) is 4.30. The molecule has 0 amide bonds. The Morgan fingerprint density at radius 1 is 1.42 bits per heavy atom. The first kappa shape index (κ1) is 9.20. The lowest BCUT2D eigenvalue weighted by molar-refractivity contribution is 0.298. The number of hydrogen-bond acceptors (Lipinski definition) is 2. The molecule has 2 nitrogen and oxygen atoms in total. The lowest BCUT2D eigenvalue weighted by atomic mass is 10.1. The van der Waals surface area contributed by atoms with E-state index in [2.05, 4.69) is 18.8 Å². The van der Waals surface area contributed by atoms with Gasteiger partial charge in [0.25, 0.3) is 0 Å². The van der Waals surface area contributed by atoms with Crippen molar-refractivity contribution in [1.82, 2.24) is 4.98 Å². The molecule has 0 fully saturated rings. The molecule has 12 heavy (non-hydrogen) atoms. The summed E-state index contributed by atoms with van der Waals surface area (Å²) >= 11 is 0.